The summed E-state index contributed by atoms with van der Waals surface area (Å²) in [5.74, 6) is 1.13. The number of nitrogens with zero attached hydrogens (tertiary/aromatic N) is 1. The molecule has 0 fully saturated rings. The van der Waals surface area contributed by atoms with E-state index in [0.717, 1.165) is 29.9 Å². The molecule has 3 rings (SSSR count). The summed E-state index contributed by atoms with van der Waals surface area (Å²) in [6, 6.07) is 14.2. The number of aliphatic hydroxyl groups excluding tert-OH is 1. The highest BCUT2D eigenvalue weighted by molar-refractivity contribution is 5.82. The Morgan fingerprint density at radius 2 is 1.96 bits per heavy atom. The maximum Gasteiger partial charge on any atom is 0.134 e. The number of furan rings is 1. The molecule has 2 unspecified atom stereocenters. The van der Waals surface area contributed by atoms with Crippen molar-refractivity contribution in [3.05, 3.63) is 65.7 Å². The van der Waals surface area contributed by atoms with E-state index in [1.54, 1.807) is 6.20 Å². The van der Waals surface area contributed by atoms with Gasteiger partial charge in [-0.25, -0.2) is 0 Å². The van der Waals surface area contributed by atoms with Crippen molar-refractivity contribution in [3.63, 3.8) is 0 Å². The fourth-order valence-electron chi connectivity index (χ4n) is 3.28. The quantitative estimate of drug-likeness (QED) is 0.654. The van der Waals surface area contributed by atoms with Crippen LogP contribution in [0.3, 0.4) is 0 Å². The van der Waals surface area contributed by atoms with Gasteiger partial charge in [0.2, 0.25) is 0 Å². The Kier molecular flexibility index (Phi) is 5.84. The molecule has 0 radical (unpaired) electrons. The Labute approximate surface area is 148 Å². The third-order valence-electron chi connectivity index (χ3n) is 4.67. The van der Waals surface area contributed by atoms with Crippen molar-refractivity contribution in [3.8, 4) is 0 Å². The second-order valence-corrected chi connectivity index (χ2v) is 6.50. The molecule has 0 saturated carbocycles. The highest BCUT2D eigenvalue weighted by Gasteiger charge is 2.19. The Morgan fingerprint density at radius 1 is 1.16 bits per heavy atom. The van der Waals surface area contributed by atoms with E-state index < -0.39 is 0 Å². The van der Waals surface area contributed by atoms with Crippen LogP contribution in [0.15, 0.2) is 53.1 Å². The van der Waals surface area contributed by atoms with Crippen molar-refractivity contribution in [1.29, 1.82) is 0 Å². The van der Waals surface area contributed by atoms with Crippen LogP contribution in [0.1, 0.15) is 36.9 Å². The van der Waals surface area contributed by atoms with Crippen LogP contribution in [0.5, 0.6) is 0 Å². The average molecular weight is 338 g/mol. The summed E-state index contributed by atoms with van der Waals surface area (Å²) in [5, 5.41) is 14.4. The van der Waals surface area contributed by atoms with Gasteiger partial charge < -0.3 is 14.8 Å². The third-order valence-corrected chi connectivity index (χ3v) is 4.67. The van der Waals surface area contributed by atoms with E-state index in [-0.39, 0.29) is 18.6 Å². The topological polar surface area (TPSA) is 58.3 Å². The smallest absolute Gasteiger partial charge is 0.134 e. The van der Waals surface area contributed by atoms with Crippen molar-refractivity contribution in [2.45, 2.75) is 32.7 Å². The summed E-state index contributed by atoms with van der Waals surface area (Å²) in [6.07, 6.45) is 3.50. The van der Waals surface area contributed by atoms with Crippen molar-refractivity contribution in [1.82, 2.24) is 10.3 Å². The number of hydrogen-bond donors (Lipinski definition) is 2. The SMILES string of the molecule is CCc1c(C(C)NCC(CO)Cc2ccccn2)oc2ccccc12. The van der Waals surface area contributed by atoms with Crippen LogP contribution in [0.2, 0.25) is 0 Å². The molecule has 0 aliphatic heterocycles. The summed E-state index contributed by atoms with van der Waals surface area (Å²) in [5.41, 5.74) is 3.21. The number of pyridine rings is 1. The number of para-hydroxylation sites is 1. The van der Waals surface area contributed by atoms with Crippen LogP contribution in [0.25, 0.3) is 11.0 Å². The zero-order valence-corrected chi connectivity index (χ0v) is 14.9. The first-order valence-corrected chi connectivity index (χ1v) is 8.97. The normalized spacial score (nSPS) is 13.9. The fourth-order valence-corrected chi connectivity index (χ4v) is 3.28. The number of aryl methyl sites for hydroxylation is 1. The molecule has 4 heteroatoms. The molecule has 2 heterocycles. The van der Waals surface area contributed by atoms with E-state index in [0.29, 0.717) is 6.54 Å². The zero-order valence-electron chi connectivity index (χ0n) is 14.9. The fraction of sp³-hybridized carbons (Fsp3) is 0.381. The number of nitrogens with one attached hydrogen (secondary N) is 1. The van der Waals surface area contributed by atoms with Gasteiger partial charge in [0.1, 0.15) is 11.3 Å². The maximum absolute atomic E-state index is 9.69. The molecule has 2 aromatic heterocycles. The Bertz CT molecular complexity index is 798. The molecule has 0 aliphatic carbocycles. The van der Waals surface area contributed by atoms with Crippen molar-refractivity contribution in [2.24, 2.45) is 5.92 Å². The average Bonchev–Trinajstić information content (AvgIpc) is 3.04. The van der Waals surface area contributed by atoms with Gasteiger partial charge in [0.25, 0.3) is 0 Å². The van der Waals surface area contributed by atoms with Crippen molar-refractivity contribution in [2.75, 3.05) is 13.2 Å². The first kappa shape index (κ1) is 17.6. The molecular formula is C21H26N2O2. The zero-order chi connectivity index (χ0) is 17.6. The summed E-state index contributed by atoms with van der Waals surface area (Å²) < 4.78 is 6.10. The van der Waals surface area contributed by atoms with Gasteiger partial charge in [-0.2, -0.15) is 0 Å². The first-order chi connectivity index (χ1) is 12.2. The van der Waals surface area contributed by atoms with Gasteiger partial charge in [0.15, 0.2) is 0 Å². The van der Waals surface area contributed by atoms with Crippen molar-refractivity contribution < 1.29 is 9.52 Å². The molecule has 132 valence electrons. The third kappa shape index (κ3) is 4.09. The predicted octanol–water partition coefficient (Wildman–Crippen LogP) is 3.89. The van der Waals surface area contributed by atoms with E-state index in [2.05, 4.69) is 30.2 Å². The molecule has 1 aromatic carbocycles. The van der Waals surface area contributed by atoms with Gasteiger partial charge in [-0.15, -0.1) is 0 Å². The number of fused-ring (bicyclic) bond motifs is 1. The van der Waals surface area contributed by atoms with Gasteiger partial charge >= 0.3 is 0 Å². The molecule has 2 N–H and O–H groups in total. The first-order valence-electron chi connectivity index (χ1n) is 8.97. The van der Waals surface area contributed by atoms with Crippen LogP contribution in [-0.2, 0) is 12.8 Å². The predicted molar refractivity (Wildman–Crippen MR) is 101 cm³/mol. The lowest BCUT2D eigenvalue weighted by Gasteiger charge is -2.18. The van der Waals surface area contributed by atoms with E-state index in [1.807, 2.05) is 36.4 Å². The van der Waals surface area contributed by atoms with Crippen LogP contribution in [0, 0.1) is 5.92 Å². The largest absolute Gasteiger partial charge is 0.459 e. The lowest BCUT2D eigenvalue weighted by atomic mass is 10.0. The molecular weight excluding hydrogens is 312 g/mol. The second kappa shape index (κ2) is 8.28. The minimum absolute atomic E-state index is 0.0973. The molecule has 3 aromatic rings. The summed E-state index contributed by atoms with van der Waals surface area (Å²) in [7, 11) is 0. The Balaban J connectivity index is 1.68. The highest BCUT2D eigenvalue weighted by atomic mass is 16.3. The van der Waals surface area contributed by atoms with Crippen LogP contribution >= 0.6 is 0 Å². The number of hydrogen-bond acceptors (Lipinski definition) is 4. The van der Waals surface area contributed by atoms with E-state index in [1.165, 1.54) is 10.9 Å². The maximum atomic E-state index is 9.69. The molecule has 0 amide bonds. The Hall–Kier alpha value is -2.17. The Morgan fingerprint density at radius 3 is 2.68 bits per heavy atom. The molecule has 2 atom stereocenters. The number of aromatic nitrogens is 1. The lowest BCUT2D eigenvalue weighted by molar-refractivity contribution is 0.216. The standard InChI is InChI=1S/C21H26N2O2/c1-3-18-19-9-4-5-10-20(19)25-21(18)15(2)23-13-16(14-24)12-17-8-6-7-11-22-17/h4-11,15-16,23-24H,3,12-14H2,1-2H3. The monoisotopic (exact) mass is 338 g/mol. The number of benzene rings is 1. The molecule has 25 heavy (non-hydrogen) atoms. The highest BCUT2D eigenvalue weighted by Crippen LogP contribution is 2.30. The summed E-state index contributed by atoms with van der Waals surface area (Å²) >= 11 is 0. The molecule has 4 nitrogen and oxygen atoms in total. The van der Waals surface area contributed by atoms with E-state index >= 15 is 0 Å². The second-order valence-electron chi connectivity index (χ2n) is 6.50. The number of rotatable bonds is 8. The van der Waals surface area contributed by atoms with Gasteiger partial charge in [0.05, 0.1) is 6.04 Å². The van der Waals surface area contributed by atoms with Crippen LogP contribution in [0.4, 0.5) is 0 Å². The van der Waals surface area contributed by atoms with Gasteiger partial charge in [0, 0.05) is 36.0 Å². The van der Waals surface area contributed by atoms with Gasteiger partial charge in [-0.3, -0.25) is 4.98 Å². The minimum atomic E-state index is 0.0973. The molecule has 0 bridgehead atoms. The van der Waals surface area contributed by atoms with Crippen LogP contribution in [-0.4, -0.2) is 23.2 Å². The molecule has 0 aliphatic rings. The summed E-state index contributed by atoms with van der Waals surface area (Å²) in [6.45, 7) is 5.13. The lowest BCUT2D eigenvalue weighted by Crippen LogP contribution is -2.29. The number of aliphatic hydroxyl groups is 1. The van der Waals surface area contributed by atoms with E-state index in [4.69, 9.17) is 4.42 Å². The summed E-state index contributed by atoms with van der Waals surface area (Å²) in [4.78, 5) is 4.35. The van der Waals surface area contributed by atoms with Gasteiger partial charge in [-0.1, -0.05) is 31.2 Å². The van der Waals surface area contributed by atoms with E-state index in [9.17, 15) is 5.11 Å². The van der Waals surface area contributed by atoms with Gasteiger partial charge in [-0.05, 0) is 43.9 Å². The molecule has 0 saturated heterocycles. The van der Waals surface area contributed by atoms with Crippen molar-refractivity contribution >= 4 is 11.0 Å². The minimum Gasteiger partial charge on any atom is -0.459 e. The van der Waals surface area contributed by atoms with Crippen LogP contribution < -0.4 is 5.32 Å². The molecule has 0 spiro atoms.